The van der Waals surface area contributed by atoms with Crippen LogP contribution < -0.4 is 0 Å². The van der Waals surface area contributed by atoms with Gasteiger partial charge in [0.1, 0.15) is 5.60 Å². The molecule has 1 spiro atoms. The van der Waals surface area contributed by atoms with Gasteiger partial charge in [0.2, 0.25) is 0 Å². The molecule has 3 unspecified atom stereocenters. The molecule has 0 aromatic carbocycles. The van der Waals surface area contributed by atoms with Crippen molar-refractivity contribution in [3.8, 4) is 0 Å². The molecule has 2 fully saturated rings. The summed E-state index contributed by atoms with van der Waals surface area (Å²) in [4.78, 5) is 0. The maximum atomic E-state index is 9.40. The van der Waals surface area contributed by atoms with Crippen LogP contribution in [0.25, 0.3) is 0 Å². The normalized spacial score (nSPS) is 55.4. The predicted octanol–water partition coefficient (Wildman–Crippen LogP) is -1.37. The standard InChI is InChI=1S/C7H12O4/c8-3-4-1-5(9)7(11-4)2-6(7)10/h4-6,8-10H,1-3H2/t4?,5-,6?,7?/m1/s1. The molecule has 4 atom stereocenters. The van der Waals surface area contributed by atoms with Crippen molar-refractivity contribution in [1.29, 1.82) is 0 Å². The maximum absolute atomic E-state index is 9.40. The quantitative estimate of drug-likeness (QED) is 0.442. The smallest absolute Gasteiger partial charge is 0.123 e. The lowest BCUT2D eigenvalue weighted by atomic mass is 10.1. The molecule has 1 saturated carbocycles. The van der Waals surface area contributed by atoms with E-state index in [0.29, 0.717) is 12.8 Å². The summed E-state index contributed by atoms with van der Waals surface area (Å²) in [5.74, 6) is 0. The first-order chi connectivity index (χ1) is 5.19. The Morgan fingerprint density at radius 3 is 2.27 bits per heavy atom. The van der Waals surface area contributed by atoms with Gasteiger partial charge in [-0.2, -0.15) is 0 Å². The van der Waals surface area contributed by atoms with Gasteiger partial charge in [-0.3, -0.25) is 0 Å². The highest BCUT2D eigenvalue weighted by Crippen LogP contribution is 2.49. The van der Waals surface area contributed by atoms with E-state index >= 15 is 0 Å². The highest BCUT2D eigenvalue weighted by atomic mass is 16.6. The molecule has 64 valence electrons. The van der Waals surface area contributed by atoms with Gasteiger partial charge in [-0.15, -0.1) is 0 Å². The third-order valence-corrected chi connectivity index (χ3v) is 2.56. The van der Waals surface area contributed by atoms with E-state index in [1.807, 2.05) is 0 Å². The number of aliphatic hydroxyl groups excluding tert-OH is 3. The zero-order valence-corrected chi connectivity index (χ0v) is 6.10. The largest absolute Gasteiger partial charge is 0.394 e. The summed E-state index contributed by atoms with van der Waals surface area (Å²) in [5, 5.41) is 27.2. The molecular formula is C7H12O4. The van der Waals surface area contributed by atoms with Crippen molar-refractivity contribution in [3.63, 3.8) is 0 Å². The van der Waals surface area contributed by atoms with Gasteiger partial charge >= 0.3 is 0 Å². The van der Waals surface area contributed by atoms with Gasteiger partial charge < -0.3 is 20.1 Å². The molecule has 11 heavy (non-hydrogen) atoms. The van der Waals surface area contributed by atoms with Crippen LogP contribution in [0.2, 0.25) is 0 Å². The summed E-state index contributed by atoms with van der Waals surface area (Å²) in [6.45, 7) is -0.0778. The predicted molar refractivity (Wildman–Crippen MR) is 35.9 cm³/mol. The zero-order valence-electron chi connectivity index (χ0n) is 6.10. The van der Waals surface area contributed by atoms with E-state index in [2.05, 4.69) is 0 Å². The van der Waals surface area contributed by atoms with E-state index in [1.54, 1.807) is 0 Å². The van der Waals surface area contributed by atoms with Crippen LogP contribution in [0.3, 0.4) is 0 Å². The van der Waals surface area contributed by atoms with Crippen LogP contribution in [0, 0.1) is 0 Å². The molecule has 1 saturated heterocycles. The van der Waals surface area contributed by atoms with Crippen LogP contribution in [0.15, 0.2) is 0 Å². The molecule has 0 radical (unpaired) electrons. The van der Waals surface area contributed by atoms with Crippen molar-refractivity contribution >= 4 is 0 Å². The number of rotatable bonds is 1. The first-order valence-corrected chi connectivity index (χ1v) is 3.84. The summed E-state index contributed by atoms with van der Waals surface area (Å²) in [7, 11) is 0. The molecular weight excluding hydrogens is 148 g/mol. The van der Waals surface area contributed by atoms with Gasteiger partial charge in [0.25, 0.3) is 0 Å². The Bertz CT molecular complexity index is 172. The number of ether oxygens (including phenoxy) is 1. The Morgan fingerprint density at radius 1 is 1.36 bits per heavy atom. The third kappa shape index (κ3) is 0.906. The highest BCUT2D eigenvalue weighted by molar-refractivity contribution is 5.14. The first kappa shape index (κ1) is 7.49. The second-order valence-electron chi connectivity index (χ2n) is 3.35. The molecule has 4 heteroatoms. The van der Waals surface area contributed by atoms with Crippen LogP contribution in [0.4, 0.5) is 0 Å². The van der Waals surface area contributed by atoms with Gasteiger partial charge in [0, 0.05) is 12.8 Å². The third-order valence-electron chi connectivity index (χ3n) is 2.56. The lowest BCUT2D eigenvalue weighted by molar-refractivity contribution is -0.0497. The fourth-order valence-corrected chi connectivity index (χ4v) is 1.73. The van der Waals surface area contributed by atoms with E-state index in [4.69, 9.17) is 14.9 Å². The molecule has 1 aliphatic heterocycles. The van der Waals surface area contributed by atoms with Crippen molar-refractivity contribution in [1.82, 2.24) is 0 Å². The van der Waals surface area contributed by atoms with Crippen molar-refractivity contribution in [2.24, 2.45) is 0 Å². The van der Waals surface area contributed by atoms with Crippen LogP contribution in [0.1, 0.15) is 12.8 Å². The summed E-state index contributed by atoms with van der Waals surface area (Å²) >= 11 is 0. The Balaban J connectivity index is 2.04. The fraction of sp³-hybridized carbons (Fsp3) is 1.00. The average Bonchev–Trinajstić information content (AvgIpc) is 2.48. The maximum Gasteiger partial charge on any atom is 0.123 e. The number of aliphatic hydroxyl groups is 3. The minimum atomic E-state index is -0.715. The summed E-state index contributed by atoms with van der Waals surface area (Å²) in [6.07, 6.45) is -0.482. The summed E-state index contributed by atoms with van der Waals surface area (Å²) < 4.78 is 5.28. The van der Waals surface area contributed by atoms with E-state index in [-0.39, 0.29) is 12.7 Å². The Morgan fingerprint density at radius 2 is 2.00 bits per heavy atom. The van der Waals surface area contributed by atoms with Crippen molar-refractivity contribution in [2.75, 3.05) is 6.61 Å². The van der Waals surface area contributed by atoms with Crippen molar-refractivity contribution in [3.05, 3.63) is 0 Å². The van der Waals surface area contributed by atoms with Gasteiger partial charge in [-0.25, -0.2) is 0 Å². The Hall–Kier alpha value is -0.160. The van der Waals surface area contributed by atoms with E-state index in [1.165, 1.54) is 0 Å². The van der Waals surface area contributed by atoms with Crippen LogP contribution in [-0.2, 0) is 4.74 Å². The van der Waals surface area contributed by atoms with E-state index in [0.717, 1.165) is 0 Å². The van der Waals surface area contributed by atoms with E-state index in [9.17, 15) is 5.11 Å². The minimum absolute atomic E-state index is 0.0778. The monoisotopic (exact) mass is 160 g/mol. The number of hydrogen-bond donors (Lipinski definition) is 3. The molecule has 0 bridgehead atoms. The molecule has 2 rings (SSSR count). The average molecular weight is 160 g/mol. The SMILES string of the molecule is OCC1C[C@@H](O)C2(CC2O)O1. The van der Waals surface area contributed by atoms with Gasteiger partial charge in [0.15, 0.2) is 0 Å². The second-order valence-corrected chi connectivity index (χ2v) is 3.35. The van der Waals surface area contributed by atoms with Gasteiger partial charge in [-0.1, -0.05) is 0 Å². The topological polar surface area (TPSA) is 69.9 Å². The second kappa shape index (κ2) is 2.17. The van der Waals surface area contributed by atoms with E-state index < -0.39 is 17.8 Å². The molecule has 4 nitrogen and oxygen atoms in total. The first-order valence-electron chi connectivity index (χ1n) is 3.84. The van der Waals surface area contributed by atoms with Crippen LogP contribution in [0.5, 0.6) is 0 Å². The molecule has 1 aliphatic carbocycles. The summed E-state index contributed by atoms with van der Waals surface area (Å²) in [5.41, 5.74) is -0.715. The van der Waals surface area contributed by atoms with Crippen molar-refractivity contribution in [2.45, 2.75) is 36.8 Å². The lowest BCUT2D eigenvalue weighted by Crippen LogP contribution is -2.27. The molecule has 0 aromatic rings. The lowest BCUT2D eigenvalue weighted by Gasteiger charge is -2.11. The highest BCUT2D eigenvalue weighted by Gasteiger charge is 2.64. The Labute approximate surface area is 64.4 Å². The fourth-order valence-electron chi connectivity index (χ4n) is 1.73. The van der Waals surface area contributed by atoms with Crippen molar-refractivity contribution < 1.29 is 20.1 Å². The minimum Gasteiger partial charge on any atom is -0.394 e. The summed E-state index contributed by atoms with van der Waals surface area (Å²) in [6, 6.07) is 0. The molecule has 0 amide bonds. The zero-order chi connectivity index (χ0) is 8.06. The van der Waals surface area contributed by atoms with Gasteiger partial charge in [-0.05, 0) is 0 Å². The molecule has 1 heterocycles. The Kier molecular flexibility index (Phi) is 1.47. The van der Waals surface area contributed by atoms with Crippen LogP contribution >= 0.6 is 0 Å². The molecule has 3 N–H and O–H groups in total. The molecule has 0 aromatic heterocycles. The molecule has 2 aliphatic rings. The van der Waals surface area contributed by atoms with Crippen LogP contribution in [-0.4, -0.2) is 45.8 Å². The number of hydrogen-bond acceptors (Lipinski definition) is 4. The van der Waals surface area contributed by atoms with Gasteiger partial charge in [0.05, 0.1) is 24.9 Å².